The fourth-order valence-corrected chi connectivity index (χ4v) is 1.75. The summed E-state index contributed by atoms with van der Waals surface area (Å²) in [5, 5.41) is 12.0. The number of hydrogen-bond donors (Lipinski definition) is 3. The maximum absolute atomic E-state index is 13.2. The maximum atomic E-state index is 13.2. The molecule has 0 atom stereocenters. The molecule has 0 saturated carbocycles. The third kappa shape index (κ3) is 3.11. The van der Waals surface area contributed by atoms with Crippen molar-refractivity contribution < 1.29 is 14.3 Å². The van der Waals surface area contributed by atoms with Gasteiger partial charge >= 0.3 is 5.97 Å². The van der Waals surface area contributed by atoms with Gasteiger partial charge < -0.3 is 16.2 Å². The lowest BCUT2D eigenvalue weighted by Crippen LogP contribution is -2.05. The van der Waals surface area contributed by atoms with Crippen LogP contribution in [0.4, 0.5) is 21.6 Å². The van der Waals surface area contributed by atoms with Gasteiger partial charge in [-0.2, -0.15) is 0 Å². The predicted octanol–water partition coefficient (Wildman–Crippen LogP) is 2.90. The van der Waals surface area contributed by atoms with Crippen molar-refractivity contribution in [2.24, 2.45) is 0 Å². The van der Waals surface area contributed by atoms with Gasteiger partial charge in [-0.3, -0.25) is 0 Å². The highest BCUT2D eigenvalue weighted by atomic mass is 35.5. The van der Waals surface area contributed by atoms with Crippen molar-refractivity contribution in [3.05, 3.63) is 46.9 Å². The number of pyridine rings is 1. The first kappa shape index (κ1) is 13.1. The minimum atomic E-state index is -1.17. The molecule has 0 aliphatic heterocycles. The summed E-state index contributed by atoms with van der Waals surface area (Å²) in [5.74, 6) is -1.62. The van der Waals surface area contributed by atoms with Crippen LogP contribution in [0.25, 0.3) is 0 Å². The molecule has 0 fully saturated rings. The number of anilines is 3. The monoisotopic (exact) mass is 281 g/mol. The molecule has 0 unspecified atom stereocenters. The Bertz CT molecular complexity index is 629. The average molecular weight is 282 g/mol. The number of carboxylic acids is 1. The van der Waals surface area contributed by atoms with Crippen LogP contribution >= 0.6 is 11.6 Å². The molecule has 2 rings (SSSR count). The van der Waals surface area contributed by atoms with Crippen LogP contribution in [0.15, 0.2) is 30.5 Å². The number of benzene rings is 1. The molecule has 0 amide bonds. The number of halogens is 2. The van der Waals surface area contributed by atoms with Crippen molar-refractivity contribution in [2.45, 2.75) is 0 Å². The number of carbonyl (C=O) groups is 1. The van der Waals surface area contributed by atoms with E-state index in [0.29, 0.717) is 5.69 Å². The van der Waals surface area contributed by atoms with E-state index in [1.807, 2.05) is 0 Å². The quantitative estimate of drug-likeness (QED) is 0.805. The van der Waals surface area contributed by atoms with Gasteiger partial charge in [0.2, 0.25) is 0 Å². The second-order valence-corrected chi connectivity index (χ2v) is 4.18. The van der Waals surface area contributed by atoms with Crippen molar-refractivity contribution in [1.29, 1.82) is 0 Å². The normalized spacial score (nSPS) is 10.2. The van der Waals surface area contributed by atoms with Gasteiger partial charge in [-0.1, -0.05) is 11.6 Å². The molecule has 98 valence electrons. The summed E-state index contributed by atoms with van der Waals surface area (Å²) in [7, 11) is 0. The van der Waals surface area contributed by atoms with E-state index in [9.17, 15) is 9.18 Å². The Balaban J connectivity index is 2.40. The van der Waals surface area contributed by atoms with Crippen LogP contribution in [0.5, 0.6) is 0 Å². The highest BCUT2D eigenvalue weighted by Gasteiger charge is 2.12. The number of aromatic nitrogens is 1. The number of hydrogen-bond acceptors (Lipinski definition) is 4. The van der Waals surface area contributed by atoms with E-state index < -0.39 is 11.8 Å². The topological polar surface area (TPSA) is 88.2 Å². The van der Waals surface area contributed by atoms with E-state index >= 15 is 0 Å². The minimum absolute atomic E-state index is 0.0621. The van der Waals surface area contributed by atoms with Crippen LogP contribution < -0.4 is 11.1 Å². The summed E-state index contributed by atoms with van der Waals surface area (Å²) in [6.07, 6.45) is 1.26. The van der Waals surface area contributed by atoms with Gasteiger partial charge in [-0.05, 0) is 24.3 Å². The standard InChI is InChI=1S/C12H9ClFN3O2/c13-6-1-7(14)3-8(2-6)17-10-5-16-11(15)4-9(10)12(18)19/h1-5,17H,(H2,15,16)(H,18,19). The molecule has 4 N–H and O–H groups in total. The molecule has 1 aromatic heterocycles. The Morgan fingerprint density at radius 3 is 2.74 bits per heavy atom. The van der Waals surface area contributed by atoms with Gasteiger partial charge in [-0.15, -0.1) is 0 Å². The Morgan fingerprint density at radius 2 is 2.11 bits per heavy atom. The highest BCUT2D eigenvalue weighted by Crippen LogP contribution is 2.24. The number of carboxylic acid groups (broad SMARTS) is 1. The average Bonchev–Trinajstić information content (AvgIpc) is 2.30. The number of nitrogen functional groups attached to an aromatic ring is 1. The lowest BCUT2D eigenvalue weighted by atomic mass is 10.2. The van der Waals surface area contributed by atoms with E-state index in [-0.39, 0.29) is 22.1 Å². The van der Waals surface area contributed by atoms with Gasteiger partial charge in [0, 0.05) is 10.7 Å². The van der Waals surface area contributed by atoms with Crippen LogP contribution in [0.2, 0.25) is 5.02 Å². The van der Waals surface area contributed by atoms with Gasteiger partial charge in [0.25, 0.3) is 0 Å². The molecule has 0 bridgehead atoms. The molecule has 1 heterocycles. The lowest BCUT2D eigenvalue weighted by molar-refractivity contribution is 0.0698. The van der Waals surface area contributed by atoms with Crippen molar-refractivity contribution >= 4 is 34.8 Å². The molecular weight excluding hydrogens is 273 g/mol. The number of rotatable bonds is 3. The summed E-state index contributed by atoms with van der Waals surface area (Å²) >= 11 is 5.71. The number of nitrogens with one attached hydrogen (secondary N) is 1. The van der Waals surface area contributed by atoms with Crippen LogP contribution in [0.1, 0.15) is 10.4 Å². The van der Waals surface area contributed by atoms with E-state index in [4.69, 9.17) is 22.4 Å². The van der Waals surface area contributed by atoms with Crippen molar-refractivity contribution in [3.8, 4) is 0 Å². The fraction of sp³-hybridized carbons (Fsp3) is 0. The largest absolute Gasteiger partial charge is 0.478 e. The van der Waals surface area contributed by atoms with E-state index in [2.05, 4.69) is 10.3 Å². The van der Waals surface area contributed by atoms with Crippen molar-refractivity contribution in [3.63, 3.8) is 0 Å². The molecule has 2 aromatic rings. The lowest BCUT2D eigenvalue weighted by Gasteiger charge is -2.10. The third-order valence-corrected chi connectivity index (χ3v) is 2.52. The summed E-state index contributed by atoms with van der Waals surface area (Å²) < 4.78 is 13.2. The smallest absolute Gasteiger partial charge is 0.338 e. The molecule has 0 aliphatic rings. The van der Waals surface area contributed by atoms with Gasteiger partial charge in [0.1, 0.15) is 11.6 Å². The zero-order valence-electron chi connectivity index (χ0n) is 9.52. The Hall–Kier alpha value is -2.34. The number of nitrogens with zero attached hydrogens (tertiary/aromatic N) is 1. The van der Waals surface area contributed by atoms with E-state index in [0.717, 1.165) is 6.07 Å². The van der Waals surface area contributed by atoms with E-state index in [1.54, 1.807) is 0 Å². The fourth-order valence-electron chi connectivity index (χ4n) is 1.53. The minimum Gasteiger partial charge on any atom is -0.478 e. The Morgan fingerprint density at radius 1 is 1.37 bits per heavy atom. The molecular formula is C12H9ClFN3O2. The molecule has 7 heteroatoms. The van der Waals surface area contributed by atoms with Crippen LogP contribution in [-0.2, 0) is 0 Å². The zero-order chi connectivity index (χ0) is 14.0. The predicted molar refractivity (Wildman–Crippen MR) is 70.3 cm³/mol. The summed E-state index contributed by atoms with van der Waals surface area (Å²) in [4.78, 5) is 14.9. The second kappa shape index (κ2) is 5.11. The van der Waals surface area contributed by atoms with Gasteiger partial charge in [0.05, 0.1) is 17.4 Å². The third-order valence-electron chi connectivity index (χ3n) is 2.30. The highest BCUT2D eigenvalue weighted by molar-refractivity contribution is 6.30. The Kier molecular flexibility index (Phi) is 3.52. The maximum Gasteiger partial charge on any atom is 0.338 e. The van der Waals surface area contributed by atoms with Crippen molar-refractivity contribution in [2.75, 3.05) is 11.1 Å². The van der Waals surface area contributed by atoms with E-state index in [1.165, 1.54) is 24.4 Å². The summed E-state index contributed by atoms with van der Waals surface area (Å²) in [6, 6.07) is 5.01. The molecule has 1 aromatic carbocycles. The second-order valence-electron chi connectivity index (χ2n) is 3.74. The molecule has 0 spiro atoms. The Labute approximate surface area is 112 Å². The van der Waals surface area contributed by atoms with Crippen LogP contribution in [-0.4, -0.2) is 16.1 Å². The molecule has 0 radical (unpaired) electrons. The van der Waals surface area contributed by atoms with Crippen LogP contribution in [0.3, 0.4) is 0 Å². The first-order chi connectivity index (χ1) is 8.95. The van der Waals surface area contributed by atoms with Gasteiger partial charge in [0.15, 0.2) is 0 Å². The van der Waals surface area contributed by atoms with Gasteiger partial charge in [-0.25, -0.2) is 14.2 Å². The number of nitrogens with two attached hydrogens (primary N) is 1. The van der Waals surface area contributed by atoms with Crippen LogP contribution in [0, 0.1) is 5.82 Å². The van der Waals surface area contributed by atoms with Crippen molar-refractivity contribution in [1.82, 2.24) is 4.98 Å². The zero-order valence-corrected chi connectivity index (χ0v) is 10.3. The first-order valence-electron chi connectivity index (χ1n) is 5.17. The summed E-state index contributed by atoms with van der Waals surface area (Å²) in [5.41, 5.74) is 5.88. The number of aromatic carboxylic acids is 1. The first-order valence-corrected chi connectivity index (χ1v) is 5.55. The molecule has 0 aliphatic carbocycles. The molecule has 19 heavy (non-hydrogen) atoms. The molecule has 0 saturated heterocycles. The SMILES string of the molecule is Nc1cc(C(=O)O)c(Nc2cc(F)cc(Cl)c2)cn1. The summed E-state index contributed by atoms with van der Waals surface area (Å²) in [6.45, 7) is 0. The molecule has 5 nitrogen and oxygen atoms in total.